The van der Waals surface area contributed by atoms with Crippen LogP contribution in [0.2, 0.25) is 0 Å². The van der Waals surface area contributed by atoms with Gasteiger partial charge in [-0.3, -0.25) is 0 Å². The molecule has 0 spiro atoms. The Bertz CT molecular complexity index is 667. The maximum absolute atomic E-state index is 5.93. The van der Waals surface area contributed by atoms with Crippen LogP contribution in [-0.4, -0.2) is 57.9 Å². The Morgan fingerprint density at radius 3 is 2.84 bits per heavy atom. The molecule has 0 unspecified atom stereocenters. The number of anilines is 3. The van der Waals surface area contributed by atoms with Gasteiger partial charge in [-0.1, -0.05) is 0 Å². The number of ether oxygens (including phenoxy) is 1. The minimum absolute atomic E-state index is 0.508. The average Bonchev–Trinajstić information content (AvgIpc) is 3.28. The molecule has 8 heteroatoms. The second-order valence-electron chi connectivity index (χ2n) is 6.07. The zero-order valence-corrected chi connectivity index (χ0v) is 15.0. The van der Waals surface area contributed by atoms with Gasteiger partial charge in [-0.2, -0.15) is 10.1 Å². The molecular formula is C17H27N7O. The van der Waals surface area contributed by atoms with Crippen molar-refractivity contribution in [2.45, 2.75) is 32.7 Å². The normalized spacial score (nSPS) is 14.6. The monoisotopic (exact) mass is 345 g/mol. The molecule has 2 aromatic heterocycles. The van der Waals surface area contributed by atoms with Gasteiger partial charge in [-0.15, -0.1) is 0 Å². The molecule has 0 atom stereocenters. The Kier molecular flexibility index (Phi) is 6.05. The first-order chi connectivity index (χ1) is 12.3. The highest BCUT2D eigenvalue weighted by Crippen LogP contribution is 2.20. The maximum Gasteiger partial charge on any atom is 0.230 e. The molecule has 0 amide bonds. The molecule has 0 aromatic carbocycles. The quantitative estimate of drug-likeness (QED) is 0.675. The van der Waals surface area contributed by atoms with E-state index in [1.165, 1.54) is 25.9 Å². The van der Waals surface area contributed by atoms with E-state index >= 15 is 0 Å². The third-order valence-corrected chi connectivity index (χ3v) is 4.26. The topological polar surface area (TPSA) is 80.1 Å². The molecule has 1 aliphatic rings. The summed E-state index contributed by atoms with van der Waals surface area (Å²) in [7, 11) is 1.83. The summed E-state index contributed by atoms with van der Waals surface area (Å²) in [4.78, 5) is 11.1. The van der Waals surface area contributed by atoms with Gasteiger partial charge in [0.1, 0.15) is 5.82 Å². The number of likely N-dealkylation sites (tertiary alicyclic amines) is 1. The molecule has 0 saturated carbocycles. The van der Waals surface area contributed by atoms with Crippen molar-refractivity contribution in [2.24, 2.45) is 0 Å². The Balaban J connectivity index is 1.54. The van der Waals surface area contributed by atoms with Gasteiger partial charge in [0.25, 0.3) is 0 Å². The van der Waals surface area contributed by atoms with Gasteiger partial charge in [-0.25, -0.2) is 9.67 Å². The van der Waals surface area contributed by atoms with Crippen LogP contribution < -0.4 is 15.4 Å². The zero-order chi connectivity index (χ0) is 17.5. The van der Waals surface area contributed by atoms with Crippen LogP contribution in [0.4, 0.5) is 17.6 Å². The average molecular weight is 345 g/mol. The van der Waals surface area contributed by atoms with Crippen LogP contribution in [0.15, 0.2) is 18.3 Å². The van der Waals surface area contributed by atoms with Crippen LogP contribution in [0.5, 0.6) is 5.88 Å². The van der Waals surface area contributed by atoms with Gasteiger partial charge in [0.05, 0.1) is 6.61 Å². The highest BCUT2D eigenvalue weighted by molar-refractivity contribution is 5.51. The van der Waals surface area contributed by atoms with Crippen molar-refractivity contribution in [2.75, 3.05) is 43.9 Å². The number of hydrogen-bond donors (Lipinski definition) is 2. The first kappa shape index (κ1) is 17.5. The van der Waals surface area contributed by atoms with Gasteiger partial charge in [-0.05, 0) is 45.3 Å². The van der Waals surface area contributed by atoms with Gasteiger partial charge in [0.2, 0.25) is 11.8 Å². The van der Waals surface area contributed by atoms with E-state index < -0.39 is 0 Å². The molecule has 1 saturated heterocycles. The van der Waals surface area contributed by atoms with Crippen molar-refractivity contribution in [1.29, 1.82) is 0 Å². The van der Waals surface area contributed by atoms with Crippen LogP contribution in [0.1, 0.15) is 26.2 Å². The van der Waals surface area contributed by atoms with Crippen LogP contribution in [0, 0.1) is 0 Å². The summed E-state index contributed by atoms with van der Waals surface area (Å²) in [5, 5.41) is 10.6. The molecule has 136 valence electrons. The number of hydrogen-bond acceptors (Lipinski definition) is 7. The van der Waals surface area contributed by atoms with Crippen molar-refractivity contribution in [3.8, 4) is 5.88 Å². The molecule has 0 bridgehead atoms. The summed E-state index contributed by atoms with van der Waals surface area (Å²) in [6, 6.07) is 3.71. The van der Waals surface area contributed by atoms with Crippen LogP contribution in [0.3, 0.4) is 0 Å². The van der Waals surface area contributed by atoms with E-state index in [0.717, 1.165) is 31.2 Å². The van der Waals surface area contributed by atoms with Crippen LogP contribution in [-0.2, 0) is 6.54 Å². The lowest BCUT2D eigenvalue weighted by Gasteiger charge is -2.14. The lowest BCUT2D eigenvalue weighted by Crippen LogP contribution is -2.22. The molecule has 0 radical (unpaired) electrons. The van der Waals surface area contributed by atoms with E-state index in [-0.39, 0.29) is 0 Å². The molecule has 2 aromatic rings. The lowest BCUT2D eigenvalue weighted by molar-refractivity contribution is 0.246. The summed E-state index contributed by atoms with van der Waals surface area (Å²) in [5.74, 6) is 2.72. The van der Waals surface area contributed by atoms with Crippen LogP contribution >= 0.6 is 0 Å². The molecule has 25 heavy (non-hydrogen) atoms. The number of rotatable bonds is 9. The number of nitrogens with one attached hydrogen (secondary N) is 2. The molecule has 3 heterocycles. The van der Waals surface area contributed by atoms with E-state index in [2.05, 4.69) is 30.6 Å². The second kappa shape index (κ2) is 8.66. The number of aryl methyl sites for hydroxylation is 1. The summed E-state index contributed by atoms with van der Waals surface area (Å²) < 4.78 is 7.78. The fourth-order valence-corrected chi connectivity index (χ4v) is 2.95. The minimum Gasteiger partial charge on any atom is -0.478 e. The first-order valence-corrected chi connectivity index (χ1v) is 8.99. The van der Waals surface area contributed by atoms with Gasteiger partial charge >= 0.3 is 0 Å². The molecular weight excluding hydrogens is 318 g/mol. The number of nitrogens with zero attached hydrogens (tertiary/aromatic N) is 5. The molecule has 1 aliphatic heterocycles. The summed E-state index contributed by atoms with van der Waals surface area (Å²) in [5.41, 5.74) is 0. The fourth-order valence-electron chi connectivity index (χ4n) is 2.95. The van der Waals surface area contributed by atoms with E-state index in [4.69, 9.17) is 4.74 Å². The number of aromatic nitrogens is 4. The predicted molar refractivity (Wildman–Crippen MR) is 98.5 cm³/mol. The Hall–Kier alpha value is -2.35. The van der Waals surface area contributed by atoms with Gasteiger partial charge in [0.15, 0.2) is 5.82 Å². The molecule has 0 aliphatic carbocycles. The van der Waals surface area contributed by atoms with E-state index in [0.29, 0.717) is 18.4 Å². The van der Waals surface area contributed by atoms with E-state index in [9.17, 15) is 0 Å². The maximum atomic E-state index is 5.93. The summed E-state index contributed by atoms with van der Waals surface area (Å²) >= 11 is 0. The molecule has 3 rings (SSSR count). The largest absolute Gasteiger partial charge is 0.478 e. The third-order valence-electron chi connectivity index (χ3n) is 4.26. The second-order valence-corrected chi connectivity index (χ2v) is 6.07. The minimum atomic E-state index is 0.508. The first-order valence-electron chi connectivity index (χ1n) is 8.99. The standard InChI is InChI=1S/C17H27N7O/c1-3-24-16(25-12-6-11-23-9-4-5-10-23)13-15(22-24)21-17-19-8-7-14(18-2)20-17/h7-8,13H,3-6,9-12H2,1-2H3,(H2,18,19,20,21,22). The highest BCUT2D eigenvalue weighted by Gasteiger charge is 2.12. The SMILES string of the molecule is CCn1nc(Nc2nccc(NC)n2)cc1OCCCN1CCCC1. The van der Waals surface area contributed by atoms with E-state index in [1.807, 2.05) is 30.8 Å². The van der Waals surface area contributed by atoms with Crippen molar-refractivity contribution in [3.05, 3.63) is 18.3 Å². The Morgan fingerprint density at radius 2 is 2.08 bits per heavy atom. The lowest BCUT2D eigenvalue weighted by atomic mass is 10.4. The van der Waals surface area contributed by atoms with Crippen molar-refractivity contribution in [3.63, 3.8) is 0 Å². The molecule has 8 nitrogen and oxygen atoms in total. The van der Waals surface area contributed by atoms with Crippen molar-refractivity contribution in [1.82, 2.24) is 24.6 Å². The van der Waals surface area contributed by atoms with Crippen molar-refractivity contribution < 1.29 is 4.74 Å². The van der Waals surface area contributed by atoms with E-state index in [1.54, 1.807) is 6.20 Å². The van der Waals surface area contributed by atoms with Gasteiger partial charge in [0, 0.05) is 32.4 Å². The summed E-state index contributed by atoms with van der Waals surface area (Å²) in [6.45, 7) is 7.06. The summed E-state index contributed by atoms with van der Waals surface area (Å²) in [6.07, 6.45) is 5.39. The highest BCUT2D eigenvalue weighted by atomic mass is 16.5. The Labute approximate surface area is 148 Å². The van der Waals surface area contributed by atoms with Crippen LogP contribution in [0.25, 0.3) is 0 Å². The Morgan fingerprint density at radius 1 is 1.24 bits per heavy atom. The predicted octanol–water partition coefficient (Wildman–Crippen LogP) is 2.34. The third kappa shape index (κ3) is 4.82. The zero-order valence-electron chi connectivity index (χ0n) is 15.0. The van der Waals surface area contributed by atoms with Gasteiger partial charge < -0.3 is 20.3 Å². The van der Waals surface area contributed by atoms with Crippen molar-refractivity contribution >= 4 is 17.6 Å². The smallest absolute Gasteiger partial charge is 0.230 e. The molecule has 1 fully saturated rings. The fraction of sp³-hybridized carbons (Fsp3) is 0.588. The molecule has 2 N–H and O–H groups in total.